The van der Waals surface area contributed by atoms with Gasteiger partial charge in [0.1, 0.15) is 0 Å². The summed E-state index contributed by atoms with van der Waals surface area (Å²) in [6.07, 6.45) is -0.960. The maximum atomic E-state index is 11.0. The fourth-order valence-corrected chi connectivity index (χ4v) is 1.48. The van der Waals surface area contributed by atoms with E-state index in [0.717, 1.165) is 0 Å². The zero-order valence-corrected chi connectivity index (χ0v) is 8.80. The first kappa shape index (κ1) is 10.8. The predicted octanol–water partition coefficient (Wildman–Crippen LogP) is 1.01. The quantitative estimate of drug-likeness (QED) is 0.776. The zero-order valence-electron chi connectivity index (χ0n) is 8.80. The van der Waals surface area contributed by atoms with Gasteiger partial charge in [-0.3, -0.25) is 4.79 Å². The third-order valence-corrected chi connectivity index (χ3v) is 2.37. The first-order chi connectivity index (χ1) is 7.70. The molecule has 2 rings (SSSR count). The standard InChI is InChI=1S/C11H12O5/c1-14-11(13)5-8(12)7-2-3-9-10(4-7)16-6-15-9/h2-4,8,12H,5-6H2,1H3. The van der Waals surface area contributed by atoms with Crippen LogP contribution in [-0.4, -0.2) is 25.0 Å². The Bertz CT molecular complexity index is 401. The van der Waals surface area contributed by atoms with Crippen molar-refractivity contribution in [2.75, 3.05) is 13.9 Å². The Morgan fingerprint density at radius 3 is 3.00 bits per heavy atom. The van der Waals surface area contributed by atoms with E-state index in [1.165, 1.54) is 7.11 Å². The second-order valence-electron chi connectivity index (χ2n) is 3.41. The molecule has 0 aromatic heterocycles. The van der Waals surface area contributed by atoms with E-state index in [-0.39, 0.29) is 13.2 Å². The minimum Gasteiger partial charge on any atom is -0.469 e. The van der Waals surface area contributed by atoms with Crippen molar-refractivity contribution < 1.29 is 24.1 Å². The molecule has 0 fully saturated rings. The molecule has 1 aromatic carbocycles. The average molecular weight is 224 g/mol. The van der Waals surface area contributed by atoms with Crippen LogP contribution in [0.3, 0.4) is 0 Å². The fraction of sp³-hybridized carbons (Fsp3) is 0.364. The molecule has 0 saturated heterocycles. The SMILES string of the molecule is COC(=O)CC(O)c1ccc2c(c1)OCO2. The highest BCUT2D eigenvalue weighted by atomic mass is 16.7. The predicted molar refractivity (Wildman–Crippen MR) is 54.2 cm³/mol. The highest BCUT2D eigenvalue weighted by Gasteiger charge is 2.18. The summed E-state index contributed by atoms with van der Waals surface area (Å²) >= 11 is 0. The van der Waals surface area contributed by atoms with E-state index in [1.54, 1.807) is 18.2 Å². The summed E-state index contributed by atoms with van der Waals surface area (Å²) < 4.78 is 14.8. The smallest absolute Gasteiger partial charge is 0.308 e. The Balaban J connectivity index is 2.12. The Hall–Kier alpha value is -1.75. The van der Waals surface area contributed by atoms with Gasteiger partial charge in [-0.1, -0.05) is 6.07 Å². The summed E-state index contributed by atoms with van der Waals surface area (Å²) in [5.41, 5.74) is 0.606. The number of ether oxygens (including phenoxy) is 3. The molecule has 1 aliphatic heterocycles. The second kappa shape index (κ2) is 4.40. The summed E-state index contributed by atoms with van der Waals surface area (Å²) in [5.74, 6) is 0.778. The van der Waals surface area contributed by atoms with Crippen LogP contribution in [0.4, 0.5) is 0 Å². The number of fused-ring (bicyclic) bond motifs is 1. The van der Waals surface area contributed by atoms with Gasteiger partial charge in [-0.25, -0.2) is 0 Å². The number of esters is 1. The molecule has 0 saturated carbocycles. The van der Waals surface area contributed by atoms with Gasteiger partial charge in [0.15, 0.2) is 11.5 Å². The largest absolute Gasteiger partial charge is 0.469 e. The number of carbonyl (C=O) groups is 1. The maximum absolute atomic E-state index is 11.0. The summed E-state index contributed by atoms with van der Waals surface area (Å²) in [4.78, 5) is 11.0. The molecule has 16 heavy (non-hydrogen) atoms. The summed E-state index contributed by atoms with van der Waals surface area (Å²) in [6.45, 7) is 0.186. The van der Waals surface area contributed by atoms with Crippen LogP contribution in [-0.2, 0) is 9.53 Å². The molecule has 1 atom stereocenters. The van der Waals surface area contributed by atoms with Crippen LogP contribution in [0.1, 0.15) is 18.1 Å². The average Bonchev–Trinajstić information content (AvgIpc) is 2.75. The third-order valence-electron chi connectivity index (χ3n) is 2.37. The lowest BCUT2D eigenvalue weighted by atomic mass is 10.1. The molecule has 0 spiro atoms. The van der Waals surface area contributed by atoms with Gasteiger partial charge < -0.3 is 19.3 Å². The number of rotatable bonds is 3. The van der Waals surface area contributed by atoms with Crippen LogP contribution in [0.15, 0.2) is 18.2 Å². The summed E-state index contributed by atoms with van der Waals surface area (Å²) in [5, 5.41) is 9.76. The first-order valence-corrected chi connectivity index (χ1v) is 4.85. The van der Waals surface area contributed by atoms with Crippen LogP contribution in [0.25, 0.3) is 0 Å². The fourth-order valence-electron chi connectivity index (χ4n) is 1.48. The van der Waals surface area contributed by atoms with E-state index in [2.05, 4.69) is 4.74 Å². The van der Waals surface area contributed by atoms with Crippen molar-refractivity contribution in [2.24, 2.45) is 0 Å². The van der Waals surface area contributed by atoms with E-state index in [0.29, 0.717) is 17.1 Å². The molecule has 1 heterocycles. The zero-order chi connectivity index (χ0) is 11.5. The van der Waals surface area contributed by atoms with Crippen LogP contribution < -0.4 is 9.47 Å². The van der Waals surface area contributed by atoms with Crippen LogP contribution in [0.2, 0.25) is 0 Å². The van der Waals surface area contributed by atoms with E-state index in [9.17, 15) is 9.90 Å². The molecule has 1 unspecified atom stereocenters. The Morgan fingerprint density at radius 1 is 1.50 bits per heavy atom. The molecular formula is C11H12O5. The number of aliphatic hydroxyl groups is 1. The normalized spacial score (nSPS) is 14.6. The van der Waals surface area contributed by atoms with Gasteiger partial charge in [0, 0.05) is 0 Å². The van der Waals surface area contributed by atoms with E-state index < -0.39 is 12.1 Å². The van der Waals surface area contributed by atoms with Gasteiger partial charge in [-0.15, -0.1) is 0 Å². The van der Waals surface area contributed by atoms with Gasteiger partial charge in [0.05, 0.1) is 19.6 Å². The molecule has 0 radical (unpaired) electrons. The number of hydrogen-bond acceptors (Lipinski definition) is 5. The topological polar surface area (TPSA) is 65.0 Å². The minimum absolute atomic E-state index is 0.0733. The Labute approximate surface area is 92.5 Å². The Kier molecular flexibility index (Phi) is 2.96. The molecule has 5 nitrogen and oxygen atoms in total. The lowest BCUT2D eigenvalue weighted by Gasteiger charge is -2.09. The molecule has 1 aromatic rings. The van der Waals surface area contributed by atoms with Crippen LogP contribution in [0, 0.1) is 0 Å². The highest BCUT2D eigenvalue weighted by molar-refractivity contribution is 5.70. The first-order valence-electron chi connectivity index (χ1n) is 4.85. The number of hydrogen-bond donors (Lipinski definition) is 1. The van der Waals surface area contributed by atoms with Crippen molar-refractivity contribution in [3.63, 3.8) is 0 Å². The van der Waals surface area contributed by atoms with Crippen molar-refractivity contribution >= 4 is 5.97 Å². The molecule has 5 heteroatoms. The van der Waals surface area contributed by atoms with Gasteiger partial charge in [-0.2, -0.15) is 0 Å². The number of methoxy groups -OCH3 is 1. The molecule has 1 N–H and O–H groups in total. The summed E-state index contributed by atoms with van der Waals surface area (Å²) in [7, 11) is 1.29. The molecule has 1 aliphatic rings. The summed E-state index contributed by atoms with van der Waals surface area (Å²) in [6, 6.07) is 5.06. The van der Waals surface area contributed by atoms with Gasteiger partial charge in [0.25, 0.3) is 0 Å². The van der Waals surface area contributed by atoms with Crippen molar-refractivity contribution in [1.82, 2.24) is 0 Å². The van der Waals surface area contributed by atoms with Gasteiger partial charge >= 0.3 is 5.97 Å². The number of aliphatic hydroxyl groups excluding tert-OH is 1. The van der Waals surface area contributed by atoms with E-state index in [4.69, 9.17) is 9.47 Å². The van der Waals surface area contributed by atoms with E-state index >= 15 is 0 Å². The van der Waals surface area contributed by atoms with E-state index in [1.807, 2.05) is 0 Å². The Morgan fingerprint density at radius 2 is 2.25 bits per heavy atom. The van der Waals surface area contributed by atoms with Crippen LogP contribution in [0.5, 0.6) is 11.5 Å². The van der Waals surface area contributed by atoms with Gasteiger partial charge in [-0.05, 0) is 17.7 Å². The van der Waals surface area contributed by atoms with Crippen molar-refractivity contribution in [3.05, 3.63) is 23.8 Å². The molecule has 86 valence electrons. The second-order valence-corrected chi connectivity index (χ2v) is 3.41. The lowest BCUT2D eigenvalue weighted by molar-refractivity contribution is -0.142. The minimum atomic E-state index is -0.887. The maximum Gasteiger partial charge on any atom is 0.308 e. The molecule has 0 amide bonds. The molecular weight excluding hydrogens is 212 g/mol. The number of benzene rings is 1. The highest BCUT2D eigenvalue weighted by Crippen LogP contribution is 2.34. The molecule has 0 aliphatic carbocycles. The monoisotopic (exact) mass is 224 g/mol. The van der Waals surface area contributed by atoms with Crippen LogP contribution >= 0.6 is 0 Å². The molecule has 0 bridgehead atoms. The lowest BCUT2D eigenvalue weighted by Crippen LogP contribution is -2.07. The third kappa shape index (κ3) is 2.09. The van der Waals surface area contributed by atoms with Gasteiger partial charge in [0.2, 0.25) is 6.79 Å². The van der Waals surface area contributed by atoms with Crippen molar-refractivity contribution in [2.45, 2.75) is 12.5 Å². The van der Waals surface area contributed by atoms with Crippen molar-refractivity contribution in [1.29, 1.82) is 0 Å². The van der Waals surface area contributed by atoms with Crippen molar-refractivity contribution in [3.8, 4) is 11.5 Å². The number of carbonyl (C=O) groups excluding carboxylic acids is 1.